The Morgan fingerprint density at radius 2 is 1.85 bits per heavy atom. The van der Waals surface area contributed by atoms with Crippen LogP contribution in [0.25, 0.3) is 16.7 Å². The Kier molecular flexibility index (Phi) is 3.99. The van der Waals surface area contributed by atoms with Crippen molar-refractivity contribution in [1.29, 1.82) is 0 Å². The predicted octanol–water partition coefficient (Wildman–Crippen LogP) is 2.67. The third kappa shape index (κ3) is 2.87. The number of aromatic nitrogens is 4. The third-order valence-corrected chi connectivity index (χ3v) is 4.57. The summed E-state index contributed by atoms with van der Waals surface area (Å²) in [6.45, 7) is 3.65. The van der Waals surface area contributed by atoms with Gasteiger partial charge in [0.25, 0.3) is 5.56 Å². The lowest BCUT2D eigenvalue weighted by molar-refractivity contribution is 0.101. The Labute approximate surface area is 154 Å². The van der Waals surface area contributed by atoms with Crippen LogP contribution in [-0.2, 0) is 13.7 Å². The number of rotatable bonds is 4. The van der Waals surface area contributed by atoms with Crippen molar-refractivity contribution in [2.24, 2.45) is 7.05 Å². The SMILES string of the molecule is CC(=O)c1ccc(OCc2nnc3n(C)c(=O)c4cc(C)ccc4n23)cc1. The highest BCUT2D eigenvalue weighted by Crippen LogP contribution is 2.18. The van der Waals surface area contributed by atoms with Crippen molar-refractivity contribution >= 4 is 22.5 Å². The summed E-state index contributed by atoms with van der Waals surface area (Å²) >= 11 is 0. The van der Waals surface area contributed by atoms with Gasteiger partial charge in [0.05, 0.1) is 10.9 Å². The van der Waals surface area contributed by atoms with Gasteiger partial charge in [0.15, 0.2) is 11.6 Å². The maximum atomic E-state index is 12.6. The molecule has 0 aliphatic rings. The van der Waals surface area contributed by atoms with Gasteiger partial charge in [-0.25, -0.2) is 0 Å². The van der Waals surface area contributed by atoms with Crippen LogP contribution in [0.3, 0.4) is 0 Å². The lowest BCUT2D eigenvalue weighted by Gasteiger charge is -2.09. The van der Waals surface area contributed by atoms with E-state index < -0.39 is 0 Å². The predicted molar refractivity (Wildman–Crippen MR) is 101 cm³/mol. The minimum atomic E-state index is -0.110. The van der Waals surface area contributed by atoms with E-state index in [2.05, 4.69) is 10.2 Å². The van der Waals surface area contributed by atoms with Crippen molar-refractivity contribution in [3.63, 3.8) is 0 Å². The van der Waals surface area contributed by atoms with E-state index in [1.165, 1.54) is 11.5 Å². The minimum absolute atomic E-state index is 0.00711. The molecule has 0 N–H and O–H groups in total. The maximum absolute atomic E-state index is 12.6. The monoisotopic (exact) mass is 362 g/mol. The fourth-order valence-corrected chi connectivity index (χ4v) is 3.09. The average Bonchev–Trinajstić information content (AvgIpc) is 3.09. The topological polar surface area (TPSA) is 78.5 Å². The van der Waals surface area contributed by atoms with Gasteiger partial charge in [-0.2, -0.15) is 0 Å². The van der Waals surface area contributed by atoms with Gasteiger partial charge in [0.1, 0.15) is 12.4 Å². The van der Waals surface area contributed by atoms with Crippen LogP contribution in [0.5, 0.6) is 5.75 Å². The third-order valence-electron chi connectivity index (χ3n) is 4.57. The van der Waals surface area contributed by atoms with Crippen molar-refractivity contribution < 1.29 is 9.53 Å². The molecule has 7 nitrogen and oxygen atoms in total. The standard InChI is InChI=1S/C20H18N4O3/c1-12-4-9-17-16(10-12)19(26)23(3)20-22-21-18(24(17)20)11-27-15-7-5-14(6-8-15)13(2)25/h4-10H,11H2,1-3H3. The Morgan fingerprint density at radius 1 is 1.11 bits per heavy atom. The summed E-state index contributed by atoms with van der Waals surface area (Å²) in [4.78, 5) is 24.0. The molecule has 2 aromatic heterocycles. The van der Waals surface area contributed by atoms with E-state index in [1.54, 1.807) is 31.3 Å². The van der Waals surface area contributed by atoms with Crippen molar-refractivity contribution in [3.05, 3.63) is 69.8 Å². The van der Waals surface area contributed by atoms with E-state index >= 15 is 0 Å². The number of Topliss-reactive ketones (excluding diaryl/α,β-unsaturated/α-hetero) is 1. The molecule has 0 spiro atoms. The summed E-state index contributed by atoms with van der Waals surface area (Å²) in [5.41, 5.74) is 2.28. The summed E-state index contributed by atoms with van der Waals surface area (Å²) in [6, 6.07) is 12.7. The van der Waals surface area contributed by atoms with Gasteiger partial charge >= 0.3 is 0 Å². The van der Waals surface area contributed by atoms with Crippen molar-refractivity contribution in [1.82, 2.24) is 19.2 Å². The van der Waals surface area contributed by atoms with Gasteiger partial charge in [-0.1, -0.05) is 11.6 Å². The molecule has 0 amide bonds. The maximum Gasteiger partial charge on any atom is 0.262 e. The molecular weight excluding hydrogens is 344 g/mol. The number of benzene rings is 2. The molecule has 7 heteroatoms. The van der Waals surface area contributed by atoms with Crippen molar-refractivity contribution in [2.75, 3.05) is 0 Å². The second-order valence-corrected chi connectivity index (χ2v) is 6.51. The summed E-state index contributed by atoms with van der Waals surface area (Å²) in [6.07, 6.45) is 0. The average molecular weight is 362 g/mol. The molecule has 0 unspecified atom stereocenters. The lowest BCUT2D eigenvalue weighted by atomic mass is 10.1. The van der Waals surface area contributed by atoms with Crippen LogP contribution in [0.1, 0.15) is 28.7 Å². The lowest BCUT2D eigenvalue weighted by Crippen LogP contribution is -2.20. The molecule has 0 radical (unpaired) electrons. The molecule has 0 saturated carbocycles. The van der Waals surface area contributed by atoms with Gasteiger partial charge in [-0.15, -0.1) is 10.2 Å². The van der Waals surface area contributed by atoms with Gasteiger partial charge in [-0.3, -0.25) is 18.6 Å². The number of fused-ring (bicyclic) bond motifs is 3. The van der Waals surface area contributed by atoms with E-state index in [1.807, 2.05) is 29.5 Å². The minimum Gasteiger partial charge on any atom is -0.486 e. The smallest absolute Gasteiger partial charge is 0.262 e. The van der Waals surface area contributed by atoms with Crippen LogP contribution in [0.15, 0.2) is 47.3 Å². The fourth-order valence-electron chi connectivity index (χ4n) is 3.09. The molecule has 0 atom stereocenters. The van der Waals surface area contributed by atoms with Gasteiger partial charge in [0, 0.05) is 12.6 Å². The van der Waals surface area contributed by atoms with E-state index in [-0.39, 0.29) is 17.9 Å². The Balaban J connectivity index is 1.75. The fraction of sp³-hybridized carbons (Fsp3) is 0.200. The molecule has 4 rings (SSSR count). The van der Waals surface area contributed by atoms with Gasteiger partial charge in [0.2, 0.25) is 5.78 Å². The zero-order valence-corrected chi connectivity index (χ0v) is 15.3. The highest BCUT2D eigenvalue weighted by atomic mass is 16.5. The Hall–Kier alpha value is -3.48. The van der Waals surface area contributed by atoms with Gasteiger partial charge in [-0.05, 0) is 50.2 Å². The first-order valence-corrected chi connectivity index (χ1v) is 8.53. The number of aryl methyl sites for hydroxylation is 2. The van der Waals surface area contributed by atoms with Gasteiger partial charge < -0.3 is 4.74 Å². The summed E-state index contributed by atoms with van der Waals surface area (Å²) in [5.74, 6) is 1.68. The number of carbonyl (C=O) groups is 1. The highest BCUT2D eigenvalue weighted by molar-refractivity contribution is 5.94. The quantitative estimate of drug-likeness (QED) is 0.522. The molecule has 0 fully saturated rings. The molecule has 27 heavy (non-hydrogen) atoms. The number of ether oxygens (including phenoxy) is 1. The molecule has 0 aliphatic carbocycles. The van der Waals surface area contributed by atoms with Crippen LogP contribution in [0, 0.1) is 6.92 Å². The van der Waals surface area contributed by atoms with Crippen LogP contribution in [-0.4, -0.2) is 24.9 Å². The second-order valence-electron chi connectivity index (χ2n) is 6.51. The Morgan fingerprint density at radius 3 is 2.56 bits per heavy atom. The summed E-state index contributed by atoms with van der Waals surface area (Å²) in [5, 5.41) is 8.97. The Bertz CT molecular complexity index is 1240. The van der Waals surface area contributed by atoms with E-state index in [0.29, 0.717) is 28.3 Å². The number of nitrogens with zero attached hydrogens (tertiary/aromatic N) is 4. The van der Waals surface area contributed by atoms with E-state index in [9.17, 15) is 9.59 Å². The molecule has 4 aromatic rings. The summed E-state index contributed by atoms with van der Waals surface area (Å²) < 4.78 is 9.13. The number of hydrogen-bond donors (Lipinski definition) is 0. The number of hydrogen-bond acceptors (Lipinski definition) is 5. The first-order chi connectivity index (χ1) is 13.0. The molecule has 136 valence electrons. The van der Waals surface area contributed by atoms with Crippen LogP contribution < -0.4 is 10.3 Å². The van der Waals surface area contributed by atoms with Crippen LogP contribution in [0.4, 0.5) is 0 Å². The molecule has 0 saturated heterocycles. The molecule has 0 bridgehead atoms. The second kappa shape index (κ2) is 6.35. The number of carbonyl (C=O) groups excluding carboxylic acids is 1. The first-order valence-electron chi connectivity index (χ1n) is 8.53. The zero-order chi connectivity index (χ0) is 19.1. The van der Waals surface area contributed by atoms with E-state index in [4.69, 9.17) is 4.74 Å². The van der Waals surface area contributed by atoms with E-state index in [0.717, 1.165) is 11.1 Å². The van der Waals surface area contributed by atoms with Crippen molar-refractivity contribution in [2.45, 2.75) is 20.5 Å². The van der Waals surface area contributed by atoms with Crippen molar-refractivity contribution in [3.8, 4) is 5.75 Å². The van der Waals surface area contributed by atoms with Crippen LogP contribution >= 0.6 is 0 Å². The first kappa shape index (κ1) is 17.0. The largest absolute Gasteiger partial charge is 0.486 e. The molecule has 2 aromatic carbocycles. The molecule has 0 aliphatic heterocycles. The highest BCUT2D eigenvalue weighted by Gasteiger charge is 2.15. The molecular formula is C20H18N4O3. The zero-order valence-electron chi connectivity index (χ0n) is 15.3. The number of ketones is 1. The normalized spacial score (nSPS) is 11.2. The molecule has 2 heterocycles. The van der Waals surface area contributed by atoms with Crippen LogP contribution in [0.2, 0.25) is 0 Å². The summed E-state index contributed by atoms with van der Waals surface area (Å²) in [7, 11) is 1.68.